The molecule has 1 fully saturated rings. The highest BCUT2D eigenvalue weighted by Gasteiger charge is 2.57. The zero-order chi connectivity index (χ0) is 30.6. The number of carbonyl (C=O) groups excluding carboxylic acids is 3. The van der Waals surface area contributed by atoms with Crippen LogP contribution in [-0.4, -0.2) is 32.5 Å². The number of rotatable bonds is 6. The maximum atomic E-state index is 13.8. The van der Waals surface area contributed by atoms with E-state index < -0.39 is 68.6 Å². The Kier molecular flexibility index (Phi) is 7.22. The Morgan fingerprint density at radius 1 is 1.00 bits per heavy atom. The molecule has 6 rings (SSSR count). The van der Waals surface area contributed by atoms with Gasteiger partial charge in [0.05, 0.1) is 32.8 Å². The standard InChI is InChI=1S/C27H17F3N4O6S3/c28-27(29,30)15-4-1-2-5-16(15)31-18(35)12-32-25-22(43-26(32)38)19(17-6-3-11-41-17)20-21(42-25)24(37)33(23(20)36)13-7-9-14(10-8-13)34(39)40/h1-11,19-21H,12H2,(H,31,35). The lowest BCUT2D eigenvalue weighted by Crippen LogP contribution is -2.32. The van der Waals surface area contributed by atoms with Crippen molar-refractivity contribution in [2.24, 2.45) is 5.92 Å². The first-order valence-electron chi connectivity index (χ1n) is 12.5. The number of nitrogens with zero attached hydrogens (tertiary/aromatic N) is 3. The number of amides is 3. The summed E-state index contributed by atoms with van der Waals surface area (Å²) in [4.78, 5) is 65.7. The molecule has 0 saturated carbocycles. The van der Waals surface area contributed by atoms with E-state index >= 15 is 0 Å². The summed E-state index contributed by atoms with van der Waals surface area (Å²) >= 11 is 3.08. The number of thioether (sulfide) groups is 1. The monoisotopic (exact) mass is 646 g/mol. The van der Waals surface area contributed by atoms with Gasteiger partial charge in [-0.05, 0) is 35.7 Å². The summed E-state index contributed by atoms with van der Waals surface area (Å²) in [7, 11) is 0. The van der Waals surface area contributed by atoms with E-state index in [9.17, 15) is 42.5 Å². The second-order valence-corrected chi connectivity index (χ2v) is 12.7. The Bertz CT molecular complexity index is 1840. The number of hydrogen-bond acceptors (Lipinski definition) is 9. The van der Waals surface area contributed by atoms with Gasteiger partial charge in [0.15, 0.2) is 0 Å². The molecule has 16 heteroatoms. The molecule has 220 valence electrons. The Hall–Kier alpha value is -4.28. The van der Waals surface area contributed by atoms with Crippen molar-refractivity contribution in [2.75, 3.05) is 10.2 Å². The summed E-state index contributed by atoms with van der Waals surface area (Å²) in [6, 6.07) is 13.0. The molecule has 3 atom stereocenters. The predicted octanol–water partition coefficient (Wildman–Crippen LogP) is 5.33. The van der Waals surface area contributed by atoms with Crippen LogP contribution in [0.15, 0.2) is 75.9 Å². The Morgan fingerprint density at radius 2 is 1.72 bits per heavy atom. The second-order valence-electron chi connectivity index (χ2n) is 9.56. The summed E-state index contributed by atoms with van der Waals surface area (Å²) in [5.41, 5.74) is -1.56. The third-order valence-corrected chi connectivity index (χ3v) is 10.6. The van der Waals surface area contributed by atoms with Crippen LogP contribution < -0.4 is 15.1 Å². The molecule has 1 saturated heterocycles. The normalized spacial score (nSPS) is 19.7. The number of carbonyl (C=O) groups is 3. The summed E-state index contributed by atoms with van der Waals surface area (Å²) in [5.74, 6) is -3.60. The Morgan fingerprint density at radius 3 is 2.37 bits per heavy atom. The van der Waals surface area contributed by atoms with Gasteiger partial charge in [0.2, 0.25) is 17.7 Å². The van der Waals surface area contributed by atoms with E-state index in [-0.39, 0.29) is 16.4 Å². The zero-order valence-electron chi connectivity index (χ0n) is 21.4. The van der Waals surface area contributed by atoms with E-state index in [1.165, 1.54) is 47.7 Å². The molecule has 43 heavy (non-hydrogen) atoms. The molecule has 3 amide bonds. The number of alkyl halides is 3. The quantitative estimate of drug-likeness (QED) is 0.170. The van der Waals surface area contributed by atoms with Gasteiger partial charge in [-0.1, -0.05) is 41.3 Å². The van der Waals surface area contributed by atoms with E-state index in [4.69, 9.17) is 0 Å². The maximum Gasteiger partial charge on any atom is 0.418 e. The number of fused-ring (bicyclic) bond motifs is 2. The number of aromatic nitrogens is 1. The molecule has 2 aromatic carbocycles. The number of anilines is 2. The molecule has 2 aliphatic rings. The van der Waals surface area contributed by atoms with Crippen molar-refractivity contribution in [1.29, 1.82) is 0 Å². The molecule has 4 aromatic rings. The lowest BCUT2D eigenvalue weighted by molar-refractivity contribution is -0.384. The van der Waals surface area contributed by atoms with E-state index in [1.54, 1.807) is 17.5 Å². The number of non-ortho nitro benzene ring substituents is 1. The van der Waals surface area contributed by atoms with Crippen molar-refractivity contribution in [2.45, 2.75) is 28.9 Å². The van der Waals surface area contributed by atoms with Crippen molar-refractivity contribution < 1.29 is 32.5 Å². The van der Waals surface area contributed by atoms with Crippen LogP contribution in [0.5, 0.6) is 0 Å². The highest BCUT2D eigenvalue weighted by Crippen LogP contribution is 2.54. The van der Waals surface area contributed by atoms with Gasteiger partial charge in [0.25, 0.3) is 5.69 Å². The number of nitrogens with one attached hydrogen (secondary N) is 1. The summed E-state index contributed by atoms with van der Waals surface area (Å²) in [6.07, 6.45) is -4.72. The van der Waals surface area contributed by atoms with E-state index in [0.717, 1.165) is 44.7 Å². The van der Waals surface area contributed by atoms with Crippen LogP contribution in [0, 0.1) is 16.0 Å². The SMILES string of the molecule is O=C(Cn1c2c(sc1=O)C(c1cccs1)C1C(=O)N(c3ccc([N+](=O)[O-])cc3)C(=O)C1S2)Nc1ccccc1C(F)(F)F. The zero-order valence-corrected chi connectivity index (χ0v) is 23.9. The first-order chi connectivity index (χ1) is 20.5. The molecule has 10 nitrogen and oxygen atoms in total. The molecule has 2 aromatic heterocycles. The van der Waals surface area contributed by atoms with Crippen LogP contribution in [0.25, 0.3) is 0 Å². The topological polar surface area (TPSA) is 132 Å². The summed E-state index contributed by atoms with van der Waals surface area (Å²) in [6.45, 7) is -0.618. The van der Waals surface area contributed by atoms with Crippen molar-refractivity contribution in [3.63, 3.8) is 0 Å². The number of nitro groups is 1. The van der Waals surface area contributed by atoms with Gasteiger partial charge in [-0.25, -0.2) is 4.90 Å². The molecule has 2 aliphatic heterocycles. The minimum Gasteiger partial charge on any atom is -0.324 e. The van der Waals surface area contributed by atoms with Gasteiger partial charge in [-0.3, -0.25) is 33.9 Å². The molecule has 0 radical (unpaired) electrons. The fourth-order valence-corrected chi connectivity index (χ4v) is 8.90. The predicted molar refractivity (Wildman–Crippen MR) is 154 cm³/mol. The van der Waals surface area contributed by atoms with Gasteiger partial charge in [0, 0.05) is 27.8 Å². The van der Waals surface area contributed by atoms with Crippen LogP contribution in [0.4, 0.5) is 30.2 Å². The average molecular weight is 647 g/mol. The number of imide groups is 1. The highest BCUT2D eigenvalue weighted by atomic mass is 32.2. The van der Waals surface area contributed by atoms with E-state index in [2.05, 4.69) is 5.32 Å². The van der Waals surface area contributed by atoms with Gasteiger partial charge in [0.1, 0.15) is 11.8 Å². The highest BCUT2D eigenvalue weighted by molar-refractivity contribution is 8.00. The molecular formula is C27H17F3N4O6S3. The van der Waals surface area contributed by atoms with Crippen LogP contribution in [0.1, 0.15) is 21.2 Å². The molecule has 4 heterocycles. The molecule has 1 N–H and O–H groups in total. The molecule has 0 spiro atoms. The smallest absolute Gasteiger partial charge is 0.324 e. The lowest BCUT2D eigenvalue weighted by atomic mass is 9.87. The minimum absolute atomic E-state index is 0.156. The number of thiophene rings is 1. The van der Waals surface area contributed by atoms with Crippen molar-refractivity contribution in [3.8, 4) is 0 Å². The number of thiazole rings is 1. The van der Waals surface area contributed by atoms with Gasteiger partial charge in [-0.2, -0.15) is 13.2 Å². The molecular weight excluding hydrogens is 630 g/mol. The number of para-hydroxylation sites is 1. The minimum atomic E-state index is -4.72. The lowest BCUT2D eigenvalue weighted by Gasteiger charge is -2.29. The summed E-state index contributed by atoms with van der Waals surface area (Å²) < 4.78 is 41.4. The number of hydrogen-bond donors (Lipinski definition) is 1. The third-order valence-electron chi connectivity index (χ3n) is 7.03. The largest absolute Gasteiger partial charge is 0.418 e. The molecule has 0 aliphatic carbocycles. The van der Waals surface area contributed by atoms with Crippen molar-refractivity contribution >= 4 is 69.2 Å². The summed E-state index contributed by atoms with van der Waals surface area (Å²) in [5, 5.41) is 14.4. The van der Waals surface area contributed by atoms with Crippen LogP contribution in [-0.2, 0) is 27.1 Å². The maximum absolute atomic E-state index is 13.8. The van der Waals surface area contributed by atoms with Gasteiger partial charge in [-0.15, -0.1) is 11.3 Å². The molecule has 0 bridgehead atoms. The third kappa shape index (κ3) is 5.04. The number of halogens is 3. The first-order valence-corrected chi connectivity index (χ1v) is 15.0. The Labute approximate surface area is 251 Å². The fourth-order valence-electron chi connectivity index (χ4n) is 5.18. The van der Waals surface area contributed by atoms with Crippen LogP contribution >= 0.6 is 34.4 Å². The van der Waals surface area contributed by atoms with E-state index in [0.29, 0.717) is 9.75 Å². The van der Waals surface area contributed by atoms with Crippen LogP contribution in [0.2, 0.25) is 0 Å². The average Bonchev–Trinajstić information content (AvgIpc) is 3.66. The Balaban J connectivity index is 1.36. The molecule has 3 unspecified atom stereocenters. The first kappa shape index (κ1) is 28.8. The van der Waals surface area contributed by atoms with Crippen molar-refractivity contribution in [1.82, 2.24) is 4.57 Å². The fraction of sp³-hybridized carbons (Fsp3) is 0.185. The van der Waals surface area contributed by atoms with E-state index in [1.807, 2.05) is 0 Å². The van der Waals surface area contributed by atoms with Crippen LogP contribution in [0.3, 0.4) is 0 Å². The van der Waals surface area contributed by atoms with Crippen molar-refractivity contribution in [3.05, 3.63) is 101 Å². The van der Waals surface area contributed by atoms with Gasteiger partial charge < -0.3 is 5.32 Å². The van der Waals surface area contributed by atoms with Gasteiger partial charge >= 0.3 is 11.0 Å². The number of nitro benzene ring substituents is 1. The number of benzene rings is 2. The second kappa shape index (κ2) is 10.8.